The molecule has 0 spiro atoms. The van der Waals surface area contributed by atoms with Gasteiger partial charge < -0.3 is 0 Å². The van der Waals surface area contributed by atoms with Crippen LogP contribution in [-0.2, 0) is 0 Å². The molecule has 1 heterocycles. The largest absolute Gasteiger partial charge is 0.295 e. The first-order valence-corrected chi connectivity index (χ1v) is 6.57. The van der Waals surface area contributed by atoms with E-state index in [1.54, 1.807) is 11.3 Å². The van der Waals surface area contributed by atoms with Crippen molar-refractivity contribution in [1.82, 2.24) is 4.57 Å². The van der Waals surface area contributed by atoms with Gasteiger partial charge in [-0.25, -0.2) is 0 Å². The number of halogens is 1. The summed E-state index contributed by atoms with van der Waals surface area (Å²) in [5.74, 6) is 0. The van der Waals surface area contributed by atoms with Crippen molar-refractivity contribution in [3.8, 4) is 5.69 Å². The molecule has 0 saturated carbocycles. The molecule has 15 heavy (non-hydrogen) atoms. The first kappa shape index (κ1) is 11.0. The highest BCUT2D eigenvalue weighted by Gasteiger charge is 2.08. The molecule has 1 aromatic heterocycles. The molecular weight excluding hydrogens is 290 g/mol. The zero-order chi connectivity index (χ0) is 11.0. The van der Waals surface area contributed by atoms with Crippen LogP contribution in [0.1, 0.15) is 10.6 Å². The molecule has 0 bridgehead atoms. The minimum atomic E-state index is 0.900. The minimum absolute atomic E-state index is 0.900. The molecular formula is C11H10BrNS2. The van der Waals surface area contributed by atoms with Crippen molar-refractivity contribution in [2.45, 2.75) is 13.8 Å². The van der Waals surface area contributed by atoms with Crippen LogP contribution in [0.2, 0.25) is 0 Å². The molecule has 0 fully saturated rings. The Labute approximate surface area is 107 Å². The highest BCUT2D eigenvalue weighted by Crippen LogP contribution is 2.27. The van der Waals surface area contributed by atoms with Gasteiger partial charge in [0.05, 0.1) is 5.69 Å². The fourth-order valence-corrected chi connectivity index (χ4v) is 3.36. The van der Waals surface area contributed by atoms with Crippen LogP contribution in [0.15, 0.2) is 28.7 Å². The molecule has 0 atom stereocenters. The summed E-state index contributed by atoms with van der Waals surface area (Å²) in [5.41, 5.74) is 2.33. The van der Waals surface area contributed by atoms with Crippen molar-refractivity contribution >= 4 is 39.5 Å². The molecule has 1 nitrogen and oxygen atoms in total. The Balaban J connectivity index is 2.75. The Bertz CT molecular complexity index is 554. The van der Waals surface area contributed by atoms with Crippen LogP contribution in [0.5, 0.6) is 0 Å². The van der Waals surface area contributed by atoms with Crippen LogP contribution in [0.3, 0.4) is 0 Å². The zero-order valence-corrected chi connectivity index (χ0v) is 11.7. The quantitative estimate of drug-likeness (QED) is 0.694. The fourth-order valence-electron chi connectivity index (χ4n) is 1.46. The lowest BCUT2D eigenvalue weighted by Gasteiger charge is -2.07. The second-order valence-electron chi connectivity index (χ2n) is 3.30. The lowest BCUT2D eigenvalue weighted by Crippen LogP contribution is -1.97. The Morgan fingerprint density at radius 1 is 1.27 bits per heavy atom. The summed E-state index contributed by atoms with van der Waals surface area (Å²) >= 11 is 10.6. The highest BCUT2D eigenvalue weighted by molar-refractivity contribution is 9.10. The summed E-state index contributed by atoms with van der Waals surface area (Å²) in [5, 5.41) is 0. The number of hydrogen-bond acceptors (Lipinski definition) is 2. The molecule has 0 radical (unpaired) electrons. The van der Waals surface area contributed by atoms with Gasteiger partial charge in [-0.15, -0.1) is 11.3 Å². The van der Waals surface area contributed by atoms with E-state index in [9.17, 15) is 0 Å². The van der Waals surface area contributed by atoms with Gasteiger partial charge in [0.25, 0.3) is 0 Å². The van der Waals surface area contributed by atoms with E-state index < -0.39 is 0 Å². The monoisotopic (exact) mass is 299 g/mol. The fraction of sp³-hybridized carbons (Fsp3) is 0.182. The van der Waals surface area contributed by atoms with E-state index in [0.717, 1.165) is 14.1 Å². The first-order valence-electron chi connectivity index (χ1n) is 4.55. The van der Waals surface area contributed by atoms with E-state index in [1.807, 2.05) is 18.2 Å². The van der Waals surface area contributed by atoms with Crippen LogP contribution < -0.4 is 0 Å². The molecule has 0 aliphatic rings. The average Bonchev–Trinajstić information content (AvgIpc) is 2.43. The van der Waals surface area contributed by atoms with Gasteiger partial charge in [-0.05, 0) is 54.1 Å². The van der Waals surface area contributed by atoms with E-state index >= 15 is 0 Å². The number of thiazole rings is 1. The SMILES string of the molecule is Cc1sc(=S)n(-c2ccccc2Br)c1C. The Morgan fingerprint density at radius 3 is 2.47 bits per heavy atom. The average molecular weight is 300 g/mol. The Hall–Kier alpha value is -0.450. The summed E-state index contributed by atoms with van der Waals surface area (Å²) < 4.78 is 4.08. The number of para-hydroxylation sites is 1. The van der Waals surface area contributed by atoms with Gasteiger partial charge in [-0.2, -0.15) is 0 Å². The first-order chi connectivity index (χ1) is 7.11. The van der Waals surface area contributed by atoms with Gasteiger partial charge in [0.1, 0.15) is 0 Å². The second kappa shape index (κ2) is 4.20. The van der Waals surface area contributed by atoms with Gasteiger partial charge in [-0.3, -0.25) is 4.57 Å². The maximum Gasteiger partial charge on any atom is 0.166 e. The van der Waals surface area contributed by atoms with Crippen molar-refractivity contribution in [3.05, 3.63) is 43.3 Å². The smallest absolute Gasteiger partial charge is 0.166 e. The molecule has 0 aliphatic heterocycles. The van der Waals surface area contributed by atoms with Crippen molar-refractivity contribution in [2.24, 2.45) is 0 Å². The lowest BCUT2D eigenvalue weighted by molar-refractivity contribution is 0.989. The van der Waals surface area contributed by atoms with E-state index in [2.05, 4.69) is 40.4 Å². The van der Waals surface area contributed by atoms with E-state index in [1.165, 1.54) is 10.6 Å². The molecule has 0 amide bonds. The Morgan fingerprint density at radius 2 is 1.93 bits per heavy atom. The standard InChI is InChI=1S/C11H10BrNS2/c1-7-8(2)15-11(14)13(7)10-6-4-3-5-9(10)12/h3-6H,1-2H3. The van der Waals surface area contributed by atoms with Crippen LogP contribution in [-0.4, -0.2) is 4.57 Å². The van der Waals surface area contributed by atoms with Crippen molar-refractivity contribution < 1.29 is 0 Å². The number of hydrogen-bond donors (Lipinski definition) is 0. The topological polar surface area (TPSA) is 4.93 Å². The highest BCUT2D eigenvalue weighted by atomic mass is 79.9. The number of benzene rings is 1. The summed E-state index contributed by atoms with van der Waals surface area (Å²) in [6.07, 6.45) is 0. The lowest BCUT2D eigenvalue weighted by atomic mass is 10.3. The molecule has 4 heteroatoms. The molecule has 2 rings (SSSR count). The van der Waals surface area contributed by atoms with Gasteiger partial charge >= 0.3 is 0 Å². The van der Waals surface area contributed by atoms with Gasteiger partial charge in [0, 0.05) is 15.0 Å². The Kier molecular flexibility index (Phi) is 3.09. The molecule has 2 aromatic rings. The summed E-state index contributed by atoms with van der Waals surface area (Å²) in [4.78, 5) is 1.27. The third-order valence-corrected chi connectivity index (χ3v) is 4.42. The maximum absolute atomic E-state index is 5.36. The van der Waals surface area contributed by atoms with E-state index in [0.29, 0.717) is 0 Å². The number of aromatic nitrogens is 1. The van der Waals surface area contributed by atoms with Crippen LogP contribution in [0.4, 0.5) is 0 Å². The van der Waals surface area contributed by atoms with Crippen molar-refractivity contribution in [2.75, 3.05) is 0 Å². The molecule has 0 unspecified atom stereocenters. The predicted molar refractivity (Wildman–Crippen MR) is 71.7 cm³/mol. The molecule has 0 aliphatic carbocycles. The van der Waals surface area contributed by atoms with E-state index in [4.69, 9.17) is 12.2 Å². The van der Waals surface area contributed by atoms with Crippen LogP contribution in [0.25, 0.3) is 5.69 Å². The predicted octanol–water partition coefficient (Wildman–Crippen LogP) is 4.65. The van der Waals surface area contributed by atoms with E-state index in [-0.39, 0.29) is 0 Å². The second-order valence-corrected chi connectivity index (χ2v) is 6.00. The zero-order valence-electron chi connectivity index (χ0n) is 8.45. The number of aryl methyl sites for hydroxylation is 1. The van der Waals surface area contributed by atoms with Crippen molar-refractivity contribution in [1.29, 1.82) is 0 Å². The molecule has 0 N–H and O–H groups in total. The summed E-state index contributed by atoms with van der Waals surface area (Å²) in [6, 6.07) is 8.13. The molecule has 78 valence electrons. The van der Waals surface area contributed by atoms with Gasteiger partial charge in [0.2, 0.25) is 0 Å². The third kappa shape index (κ3) is 1.94. The summed E-state index contributed by atoms with van der Waals surface area (Å²) in [7, 11) is 0. The molecule has 1 aromatic carbocycles. The number of rotatable bonds is 1. The van der Waals surface area contributed by atoms with Gasteiger partial charge in [0.15, 0.2) is 3.95 Å². The van der Waals surface area contributed by atoms with Crippen LogP contribution in [0, 0.1) is 17.8 Å². The minimum Gasteiger partial charge on any atom is -0.295 e. The van der Waals surface area contributed by atoms with Crippen LogP contribution >= 0.6 is 39.5 Å². The van der Waals surface area contributed by atoms with Gasteiger partial charge in [-0.1, -0.05) is 12.1 Å². The third-order valence-electron chi connectivity index (χ3n) is 2.36. The maximum atomic E-state index is 5.36. The molecule has 0 saturated heterocycles. The van der Waals surface area contributed by atoms with Crippen molar-refractivity contribution in [3.63, 3.8) is 0 Å². The summed E-state index contributed by atoms with van der Waals surface area (Å²) in [6.45, 7) is 4.20. The number of nitrogens with zero attached hydrogens (tertiary/aromatic N) is 1. The normalized spacial score (nSPS) is 10.6.